The maximum absolute atomic E-state index is 11.1. The van der Waals surface area contributed by atoms with Crippen LogP contribution in [0.2, 0.25) is 0 Å². The molecule has 5 heteroatoms. The molecule has 1 fully saturated rings. The van der Waals surface area contributed by atoms with Gasteiger partial charge in [0, 0.05) is 12.8 Å². The number of aliphatic hydroxyl groups is 3. The lowest BCUT2D eigenvalue weighted by atomic mass is 10.0. The van der Waals surface area contributed by atoms with Gasteiger partial charge in [-0.25, -0.2) is 0 Å². The van der Waals surface area contributed by atoms with E-state index in [1.165, 1.54) is 0 Å². The maximum Gasteiger partial charge on any atom is 0.135 e. The average molecular weight is 204 g/mol. The number of ketones is 1. The molecular weight excluding hydrogens is 188 g/mol. The average Bonchev–Trinajstić information content (AvgIpc) is 2.45. The number of aliphatic hydroxyl groups excluding tert-OH is 3. The lowest BCUT2D eigenvalue weighted by molar-refractivity contribution is -0.123. The zero-order valence-electron chi connectivity index (χ0n) is 8.09. The molecule has 0 aromatic carbocycles. The van der Waals surface area contributed by atoms with Crippen LogP contribution in [-0.2, 0) is 9.53 Å². The molecule has 0 saturated carbocycles. The van der Waals surface area contributed by atoms with Gasteiger partial charge in [-0.1, -0.05) is 6.92 Å². The Morgan fingerprint density at radius 3 is 2.29 bits per heavy atom. The fourth-order valence-electron chi connectivity index (χ4n) is 1.51. The van der Waals surface area contributed by atoms with Crippen molar-refractivity contribution < 1.29 is 24.9 Å². The summed E-state index contributed by atoms with van der Waals surface area (Å²) >= 11 is 0. The van der Waals surface area contributed by atoms with Crippen LogP contribution in [0.5, 0.6) is 0 Å². The van der Waals surface area contributed by atoms with E-state index < -0.39 is 24.4 Å². The Morgan fingerprint density at radius 1 is 1.29 bits per heavy atom. The molecule has 3 N–H and O–H groups in total. The highest BCUT2D eigenvalue weighted by molar-refractivity contribution is 5.78. The number of ether oxygens (including phenoxy) is 1. The first kappa shape index (κ1) is 11.6. The van der Waals surface area contributed by atoms with Gasteiger partial charge in [-0.15, -0.1) is 0 Å². The third kappa shape index (κ3) is 2.30. The second-order valence-corrected chi connectivity index (χ2v) is 3.47. The van der Waals surface area contributed by atoms with Crippen LogP contribution in [-0.4, -0.2) is 52.1 Å². The van der Waals surface area contributed by atoms with Crippen LogP contribution < -0.4 is 0 Å². The second-order valence-electron chi connectivity index (χ2n) is 3.47. The zero-order valence-corrected chi connectivity index (χ0v) is 8.09. The zero-order chi connectivity index (χ0) is 10.7. The van der Waals surface area contributed by atoms with Gasteiger partial charge >= 0.3 is 0 Å². The minimum absolute atomic E-state index is 0.0279. The lowest BCUT2D eigenvalue weighted by Crippen LogP contribution is -2.34. The molecule has 0 aromatic rings. The minimum Gasteiger partial charge on any atom is -0.394 e. The number of hydrogen-bond donors (Lipinski definition) is 3. The Hall–Kier alpha value is -0.490. The first-order chi connectivity index (χ1) is 6.60. The first-order valence-corrected chi connectivity index (χ1v) is 4.74. The van der Waals surface area contributed by atoms with E-state index in [1.807, 2.05) is 0 Å². The van der Waals surface area contributed by atoms with Gasteiger partial charge in [0.2, 0.25) is 0 Å². The van der Waals surface area contributed by atoms with Crippen molar-refractivity contribution in [1.29, 1.82) is 0 Å². The van der Waals surface area contributed by atoms with Crippen molar-refractivity contribution in [1.82, 2.24) is 0 Å². The normalized spacial score (nSPS) is 37.4. The molecule has 0 bridgehead atoms. The molecule has 0 aliphatic carbocycles. The first-order valence-electron chi connectivity index (χ1n) is 4.74. The van der Waals surface area contributed by atoms with Crippen LogP contribution >= 0.6 is 0 Å². The molecular formula is C9H16O5. The van der Waals surface area contributed by atoms with E-state index in [2.05, 4.69) is 0 Å². The molecule has 14 heavy (non-hydrogen) atoms. The minimum atomic E-state index is -1.10. The van der Waals surface area contributed by atoms with Gasteiger partial charge in [-0.05, 0) is 0 Å². The van der Waals surface area contributed by atoms with E-state index in [0.29, 0.717) is 6.42 Å². The SMILES string of the molecule is CCC(=O)C[C@@H]1O[C@H](CO)[C@@H](O)[C@@H]1O. The third-order valence-electron chi connectivity index (χ3n) is 2.46. The van der Waals surface area contributed by atoms with Gasteiger partial charge in [0.25, 0.3) is 0 Å². The molecule has 1 heterocycles. The van der Waals surface area contributed by atoms with Crippen molar-refractivity contribution in [2.24, 2.45) is 0 Å². The Labute approximate surface area is 82.3 Å². The Morgan fingerprint density at radius 2 is 1.86 bits per heavy atom. The van der Waals surface area contributed by atoms with Gasteiger partial charge in [-0.3, -0.25) is 4.79 Å². The number of carbonyl (C=O) groups excluding carboxylic acids is 1. The fourth-order valence-corrected chi connectivity index (χ4v) is 1.51. The summed E-state index contributed by atoms with van der Waals surface area (Å²) in [6.07, 6.45) is -3.18. The highest BCUT2D eigenvalue weighted by Gasteiger charge is 2.42. The molecule has 1 rings (SSSR count). The number of rotatable bonds is 4. The predicted octanol–water partition coefficient (Wildman–Crippen LogP) is -1.16. The van der Waals surface area contributed by atoms with E-state index in [4.69, 9.17) is 9.84 Å². The third-order valence-corrected chi connectivity index (χ3v) is 2.46. The predicted molar refractivity (Wildman–Crippen MR) is 47.7 cm³/mol. The largest absolute Gasteiger partial charge is 0.394 e. The molecule has 0 radical (unpaired) electrons. The number of carbonyl (C=O) groups is 1. The lowest BCUT2D eigenvalue weighted by Gasteiger charge is -2.12. The van der Waals surface area contributed by atoms with Crippen LogP contribution in [0.15, 0.2) is 0 Å². The summed E-state index contributed by atoms with van der Waals surface area (Å²) in [5, 5.41) is 27.6. The van der Waals surface area contributed by atoms with Crippen molar-refractivity contribution in [2.45, 2.75) is 44.2 Å². The van der Waals surface area contributed by atoms with E-state index in [9.17, 15) is 15.0 Å². The quantitative estimate of drug-likeness (QED) is 0.537. The van der Waals surface area contributed by atoms with Gasteiger partial charge < -0.3 is 20.1 Å². The fraction of sp³-hybridized carbons (Fsp3) is 0.889. The summed E-state index contributed by atoms with van der Waals surface area (Å²) in [5.74, 6) is -0.0279. The second kappa shape index (κ2) is 4.84. The van der Waals surface area contributed by atoms with Gasteiger partial charge in [0.1, 0.15) is 24.1 Å². The Bertz CT molecular complexity index is 205. The monoisotopic (exact) mass is 204 g/mol. The summed E-state index contributed by atoms with van der Waals surface area (Å²) in [6, 6.07) is 0. The van der Waals surface area contributed by atoms with Crippen molar-refractivity contribution in [2.75, 3.05) is 6.61 Å². The molecule has 5 nitrogen and oxygen atoms in total. The van der Waals surface area contributed by atoms with Crippen LogP contribution in [0.1, 0.15) is 19.8 Å². The molecule has 0 unspecified atom stereocenters. The molecule has 1 aliphatic heterocycles. The van der Waals surface area contributed by atoms with Crippen molar-refractivity contribution in [3.63, 3.8) is 0 Å². The summed E-state index contributed by atoms with van der Waals surface area (Å²) in [6.45, 7) is 1.37. The molecule has 4 atom stereocenters. The molecule has 0 aromatic heterocycles. The van der Waals surface area contributed by atoms with Gasteiger partial charge in [0.15, 0.2) is 0 Å². The molecule has 0 amide bonds. The number of Topliss-reactive ketones (excluding diaryl/α,β-unsaturated/α-hetero) is 1. The van der Waals surface area contributed by atoms with Crippen LogP contribution in [0.25, 0.3) is 0 Å². The van der Waals surface area contributed by atoms with E-state index in [0.717, 1.165) is 0 Å². The van der Waals surface area contributed by atoms with Crippen LogP contribution in [0.3, 0.4) is 0 Å². The summed E-state index contributed by atoms with van der Waals surface area (Å²) in [4.78, 5) is 11.1. The van der Waals surface area contributed by atoms with Crippen LogP contribution in [0, 0.1) is 0 Å². The van der Waals surface area contributed by atoms with Crippen LogP contribution in [0.4, 0.5) is 0 Å². The highest BCUT2D eigenvalue weighted by Crippen LogP contribution is 2.23. The summed E-state index contributed by atoms with van der Waals surface area (Å²) in [7, 11) is 0. The molecule has 1 saturated heterocycles. The van der Waals surface area contributed by atoms with Gasteiger partial charge in [0.05, 0.1) is 12.7 Å². The van der Waals surface area contributed by atoms with Gasteiger partial charge in [-0.2, -0.15) is 0 Å². The number of hydrogen-bond acceptors (Lipinski definition) is 5. The molecule has 0 spiro atoms. The maximum atomic E-state index is 11.1. The van der Waals surface area contributed by atoms with E-state index in [1.54, 1.807) is 6.92 Å². The van der Waals surface area contributed by atoms with E-state index in [-0.39, 0.29) is 18.8 Å². The van der Waals surface area contributed by atoms with E-state index >= 15 is 0 Å². The highest BCUT2D eigenvalue weighted by atomic mass is 16.6. The Balaban J connectivity index is 2.52. The summed E-state index contributed by atoms with van der Waals surface area (Å²) < 4.78 is 5.14. The van der Waals surface area contributed by atoms with Crippen molar-refractivity contribution in [3.05, 3.63) is 0 Å². The summed E-state index contributed by atoms with van der Waals surface area (Å²) in [5.41, 5.74) is 0. The topological polar surface area (TPSA) is 87.0 Å². The molecule has 82 valence electrons. The smallest absolute Gasteiger partial charge is 0.135 e. The molecule has 1 aliphatic rings. The van der Waals surface area contributed by atoms with Crippen molar-refractivity contribution >= 4 is 5.78 Å². The Kier molecular flexibility index (Phi) is 4.00. The standard InChI is InChI=1S/C9H16O5/c1-2-5(11)3-6-8(12)9(13)7(4-10)14-6/h6-10,12-13H,2-4H2,1H3/t6-,7+,8+,9+/m0/s1. The van der Waals surface area contributed by atoms with Crippen molar-refractivity contribution in [3.8, 4) is 0 Å².